The predicted octanol–water partition coefficient (Wildman–Crippen LogP) is 6.69. The highest BCUT2D eigenvalue weighted by atomic mass is 19.3. The van der Waals surface area contributed by atoms with Crippen LogP contribution < -0.4 is 14.9 Å². The van der Waals surface area contributed by atoms with Gasteiger partial charge in [0.25, 0.3) is 5.91 Å². The minimum Gasteiger partial charge on any atom is -0.488 e. The second-order valence-corrected chi connectivity index (χ2v) is 7.89. The fraction of sp³-hybridized carbons (Fsp3) is 0.103. The van der Waals surface area contributed by atoms with Crippen LogP contribution in [0.15, 0.2) is 108 Å². The topological polar surface area (TPSA) is 59.9 Å². The molecule has 1 amide bonds. The average Bonchev–Trinajstić information content (AvgIpc) is 2.91. The molecule has 0 saturated heterocycles. The van der Waals surface area contributed by atoms with Crippen LogP contribution >= 0.6 is 0 Å². The molecule has 0 aliphatic rings. The van der Waals surface area contributed by atoms with Gasteiger partial charge in [-0.25, -0.2) is 5.43 Å². The number of benzene rings is 4. The number of nitrogens with one attached hydrogen (secondary N) is 1. The molecule has 7 heteroatoms. The summed E-state index contributed by atoms with van der Waals surface area (Å²) in [5.41, 5.74) is 7.15. The van der Waals surface area contributed by atoms with Crippen molar-refractivity contribution in [1.82, 2.24) is 5.43 Å². The van der Waals surface area contributed by atoms with Gasteiger partial charge < -0.3 is 9.47 Å². The second kappa shape index (κ2) is 11.8. The second-order valence-electron chi connectivity index (χ2n) is 7.89. The summed E-state index contributed by atoms with van der Waals surface area (Å²) in [5.74, 6) is 0.469. The van der Waals surface area contributed by atoms with Crippen molar-refractivity contribution < 1.29 is 23.0 Å². The summed E-state index contributed by atoms with van der Waals surface area (Å²) < 4.78 is 34.9. The van der Waals surface area contributed by atoms with Crippen molar-refractivity contribution in [2.45, 2.75) is 20.1 Å². The lowest BCUT2D eigenvalue weighted by atomic mass is 10.0. The van der Waals surface area contributed by atoms with Gasteiger partial charge in [0.1, 0.15) is 18.1 Å². The first-order chi connectivity index (χ1) is 17.5. The Bertz CT molecular complexity index is 1320. The fourth-order valence-corrected chi connectivity index (χ4v) is 3.50. The molecule has 0 aliphatic carbocycles. The Balaban J connectivity index is 1.34. The van der Waals surface area contributed by atoms with Gasteiger partial charge in [0.05, 0.1) is 5.71 Å². The van der Waals surface area contributed by atoms with Gasteiger partial charge in [-0.3, -0.25) is 4.79 Å². The monoisotopic (exact) mass is 486 g/mol. The van der Waals surface area contributed by atoms with Crippen molar-refractivity contribution in [3.8, 4) is 22.6 Å². The van der Waals surface area contributed by atoms with Gasteiger partial charge in [0.15, 0.2) is 0 Å². The molecule has 0 bridgehead atoms. The third-order valence-corrected chi connectivity index (χ3v) is 5.40. The Morgan fingerprint density at radius 1 is 0.833 bits per heavy atom. The van der Waals surface area contributed by atoms with E-state index >= 15 is 0 Å². The predicted molar refractivity (Wildman–Crippen MR) is 135 cm³/mol. The summed E-state index contributed by atoms with van der Waals surface area (Å²) in [4.78, 5) is 12.5. The van der Waals surface area contributed by atoms with E-state index in [1.54, 1.807) is 31.2 Å². The van der Waals surface area contributed by atoms with Crippen LogP contribution in [0, 0.1) is 0 Å². The van der Waals surface area contributed by atoms with E-state index in [0.29, 0.717) is 23.4 Å². The largest absolute Gasteiger partial charge is 0.488 e. The quantitative estimate of drug-likeness (QED) is 0.212. The number of para-hydroxylation sites is 1. The highest BCUT2D eigenvalue weighted by molar-refractivity contribution is 6.00. The molecule has 0 aromatic heterocycles. The number of rotatable bonds is 9. The Labute approximate surface area is 208 Å². The van der Waals surface area contributed by atoms with Gasteiger partial charge in [-0.1, -0.05) is 60.7 Å². The minimum absolute atomic E-state index is 0.0539. The summed E-state index contributed by atoms with van der Waals surface area (Å²) >= 11 is 0. The first-order valence-corrected chi connectivity index (χ1v) is 11.3. The van der Waals surface area contributed by atoms with Crippen LogP contribution in [0.4, 0.5) is 8.78 Å². The van der Waals surface area contributed by atoms with Crippen LogP contribution in [-0.2, 0) is 6.61 Å². The van der Waals surface area contributed by atoms with Crippen molar-refractivity contribution in [1.29, 1.82) is 0 Å². The van der Waals surface area contributed by atoms with Gasteiger partial charge in [0.2, 0.25) is 0 Å². The molecule has 0 atom stereocenters. The van der Waals surface area contributed by atoms with E-state index < -0.39 is 6.61 Å². The molecule has 36 heavy (non-hydrogen) atoms. The fourth-order valence-electron chi connectivity index (χ4n) is 3.50. The number of ether oxygens (including phenoxy) is 2. The van der Waals surface area contributed by atoms with E-state index in [0.717, 1.165) is 22.4 Å². The molecular weight excluding hydrogens is 462 g/mol. The zero-order chi connectivity index (χ0) is 25.3. The number of carbonyl (C=O) groups excluding carboxylic acids is 1. The summed E-state index contributed by atoms with van der Waals surface area (Å²) in [5, 5.41) is 4.10. The molecule has 0 heterocycles. The molecule has 0 aliphatic heterocycles. The molecule has 0 spiro atoms. The summed E-state index contributed by atoms with van der Waals surface area (Å²) in [7, 11) is 0. The summed E-state index contributed by atoms with van der Waals surface area (Å²) in [6.07, 6.45) is 0. The first-order valence-electron chi connectivity index (χ1n) is 11.3. The normalized spacial score (nSPS) is 11.3. The Kier molecular flexibility index (Phi) is 8.03. The molecule has 182 valence electrons. The number of alkyl halides is 2. The number of halogens is 2. The van der Waals surface area contributed by atoms with E-state index in [1.165, 1.54) is 12.1 Å². The number of amides is 1. The number of hydrogen-bond donors (Lipinski definition) is 1. The van der Waals surface area contributed by atoms with Gasteiger partial charge in [-0.2, -0.15) is 13.9 Å². The lowest BCUT2D eigenvalue weighted by Crippen LogP contribution is -2.19. The molecule has 1 N–H and O–H groups in total. The highest BCUT2D eigenvalue weighted by Gasteiger charge is 2.09. The van der Waals surface area contributed by atoms with Crippen LogP contribution in [0.25, 0.3) is 11.1 Å². The van der Waals surface area contributed by atoms with E-state index in [4.69, 9.17) is 4.74 Å². The molecule has 4 aromatic carbocycles. The maximum Gasteiger partial charge on any atom is 0.387 e. The Morgan fingerprint density at radius 2 is 1.47 bits per heavy atom. The number of carbonyl (C=O) groups is 1. The third-order valence-electron chi connectivity index (χ3n) is 5.40. The molecule has 0 unspecified atom stereocenters. The number of hydrazone groups is 1. The zero-order valence-corrected chi connectivity index (χ0v) is 19.5. The van der Waals surface area contributed by atoms with Crippen LogP contribution in [0.2, 0.25) is 0 Å². The summed E-state index contributed by atoms with van der Waals surface area (Å²) in [6, 6.07) is 31.0. The SMILES string of the molecule is CC(=NNC(=O)c1ccc(COc2ccccc2-c2ccccc2)cc1)c1ccc(OC(F)F)cc1. The van der Waals surface area contributed by atoms with Crippen molar-refractivity contribution >= 4 is 11.6 Å². The zero-order valence-electron chi connectivity index (χ0n) is 19.5. The van der Waals surface area contributed by atoms with Gasteiger partial charge in [-0.05, 0) is 66.1 Å². The molecule has 5 nitrogen and oxygen atoms in total. The van der Waals surface area contributed by atoms with E-state index in [-0.39, 0.29) is 11.7 Å². The van der Waals surface area contributed by atoms with Crippen molar-refractivity contribution in [2.24, 2.45) is 5.10 Å². The van der Waals surface area contributed by atoms with E-state index in [2.05, 4.69) is 15.3 Å². The van der Waals surface area contributed by atoms with E-state index in [9.17, 15) is 13.6 Å². The van der Waals surface area contributed by atoms with Crippen LogP contribution in [0.1, 0.15) is 28.4 Å². The standard InChI is InChI=1S/C29H24F2N2O3/c1-20(22-15-17-25(18-16-22)36-29(30)31)32-33-28(34)24-13-11-21(12-14-24)19-35-27-10-6-5-9-26(27)23-7-3-2-4-8-23/h2-18,29H,19H2,1H3,(H,33,34). The highest BCUT2D eigenvalue weighted by Crippen LogP contribution is 2.30. The lowest BCUT2D eigenvalue weighted by Gasteiger charge is -2.12. The maximum atomic E-state index is 12.5. The lowest BCUT2D eigenvalue weighted by molar-refractivity contribution is -0.0498. The third kappa shape index (κ3) is 6.54. The van der Waals surface area contributed by atoms with E-state index in [1.807, 2.05) is 66.7 Å². The van der Waals surface area contributed by atoms with Crippen LogP contribution in [-0.4, -0.2) is 18.2 Å². The van der Waals surface area contributed by atoms with Crippen LogP contribution in [0.5, 0.6) is 11.5 Å². The number of hydrogen-bond acceptors (Lipinski definition) is 4. The van der Waals surface area contributed by atoms with Gasteiger partial charge in [-0.15, -0.1) is 0 Å². The van der Waals surface area contributed by atoms with Gasteiger partial charge >= 0.3 is 6.61 Å². The molecule has 0 fully saturated rings. The van der Waals surface area contributed by atoms with Crippen molar-refractivity contribution in [3.63, 3.8) is 0 Å². The Morgan fingerprint density at radius 3 is 2.17 bits per heavy atom. The molecular formula is C29H24F2N2O3. The maximum absolute atomic E-state index is 12.5. The number of nitrogens with zero attached hydrogens (tertiary/aromatic N) is 1. The molecule has 4 rings (SSSR count). The Hall–Kier alpha value is -4.52. The summed E-state index contributed by atoms with van der Waals surface area (Å²) in [6.45, 7) is -0.821. The molecule has 0 radical (unpaired) electrons. The van der Waals surface area contributed by atoms with Gasteiger partial charge in [0, 0.05) is 11.1 Å². The van der Waals surface area contributed by atoms with Crippen LogP contribution in [0.3, 0.4) is 0 Å². The average molecular weight is 487 g/mol. The van der Waals surface area contributed by atoms with Crippen molar-refractivity contribution in [2.75, 3.05) is 0 Å². The molecule has 0 saturated carbocycles. The molecule has 4 aromatic rings. The first kappa shape index (κ1) is 24.6. The minimum atomic E-state index is -2.88. The smallest absolute Gasteiger partial charge is 0.387 e. The van der Waals surface area contributed by atoms with Crippen molar-refractivity contribution in [3.05, 3.63) is 120 Å².